The van der Waals surface area contributed by atoms with Gasteiger partial charge in [-0.25, -0.2) is 13.4 Å². The Balaban J connectivity index is 1.80. The molecule has 0 saturated heterocycles. The van der Waals surface area contributed by atoms with Gasteiger partial charge in [0.2, 0.25) is 0 Å². The molecule has 6 nitrogen and oxygen atoms in total. The number of benzene rings is 2. The van der Waals surface area contributed by atoms with Crippen molar-refractivity contribution in [2.75, 3.05) is 11.8 Å². The van der Waals surface area contributed by atoms with Crippen LogP contribution in [0, 0.1) is 0 Å². The van der Waals surface area contributed by atoms with Crippen LogP contribution in [-0.2, 0) is 27.5 Å². The van der Waals surface area contributed by atoms with E-state index < -0.39 is 21.8 Å². The van der Waals surface area contributed by atoms with Crippen molar-refractivity contribution in [1.82, 2.24) is 9.97 Å². The maximum atomic E-state index is 13.2. The highest BCUT2D eigenvalue weighted by atomic mass is 32.2. The fourth-order valence-electron chi connectivity index (χ4n) is 3.26. The van der Waals surface area contributed by atoms with Gasteiger partial charge in [-0.1, -0.05) is 12.1 Å². The second-order valence-corrected chi connectivity index (χ2v) is 9.36. The number of anilines is 1. The minimum Gasteiger partial charge on any atom is -0.380 e. The van der Waals surface area contributed by atoms with E-state index in [9.17, 15) is 21.6 Å². The Hall–Kier alpha value is -3.02. The number of hydrogen-bond acceptors (Lipinski definition) is 6. The largest absolute Gasteiger partial charge is 0.416 e. The zero-order chi connectivity index (χ0) is 22.9. The quantitative estimate of drug-likeness (QED) is 0.405. The van der Waals surface area contributed by atoms with Crippen molar-refractivity contribution in [2.45, 2.75) is 17.7 Å². The van der Waals surface area contributed by atoms with Crippen molar-refractivity contribution in [3.63, 3.8) is 0 Å². The molecule has 4 rings (SSSR count). The van der Waals surface area contributed by atoms with E-state index in [2.05, 4.69) is 14.7 Å². The van der Waals surface area contributed by atoms with Gasteiger partial charge in [-0.2, -0.15) is 13.2 Å². The number of ether oxygens (including phenoxy) is 1. The zero-order valence-electron chi connectivity index (χ0n) is 16.6. The lowest BCUT2D eigenvalue weighted by Gasteiger charge is -2.15. The molecule has 0 bridgehead atoms. The minimum atomic E-state index is -4.49. The first kappa shape index (κ1) is 22.2. The summed E-state index contributed by atoms with van der Waals surface area (Å²) in [5.74, 6) is 0. The Morgan fingerprint density at radius 2 is 1.88 bits per heavy atom. The molecule has 32 heavy (non-hydrogen) atoms. The van der Waals surface area contributed by atoms with E-state index in [1.54, 1.807) is 17.5 Å². The predicted molar refractivity (Wildman–Crippen MR) is 116 cm³/mol. The Bertz CT molecular complexity index is 1370. The number of nitrogens with one attached hydrogen (secondary N) is 1. The number of halogens is 3. The van der Waals surface area contributed by atoms with E-state index in [4.69, 9.17) is 4.74 Å². The van der Waals surface area contributed by atoms with Gasteiger partial charge in [0.25, 0.3) is 10.0 Å². The van der Waals surface area contributed by atoms with Gasteiger partial charge in [-0.3, -0.25) is 9.71 Å². The molecule has 2 aromatic heterocycles. The SMILES string of the molecule is COCc1cc(C(F)(F)F)ccc1-c1nccc2cc(S(=O)(=O)Nc3nccs3)ccc12. The number of rotatable bonds is 6. The Labute approximate surface area is 185 Å². The summed E-state index contributed by atoms with van der Waals surface area (Å²) >= 11 is 1.15. The molecular weight excluding hydrogens is 463 g/mol. The Kier molecular flexibility index (Phi) is 5.89. The van der Waals surface area contributed by atoms with Gasteiger partial charge in [-0.05, 0) is 41.3 Å². The molecule has 0 radical (unpaired) electrons. The number of nitrogens with zero attached hydrogens (tertiary/aromatic N) is 2. The van der Waals surface area contributed by atoms with Crippen LogP contribution in [0.2, 0.25) is 0 Å². The summed E-state index contributed by atoms with van der Waals surface area (Å²) in [5.41, 5.74) is 0.446. The third-order valence-electron chi connectivity index (χ3n) is 4.69. The van der Waals surface area contributed by atoms with Crippen LogP contribution < -0.4 is 4.72 Å². The van der Waals surface area contributed by atoms with Crippen molar-refractivity contribution in [2.24, 2.45) is 0 Å². The molecule has 2 heterocycles. The fourth-order valence-corrected chi connectivity index (χ4v) is 5.09. The lowest BCUT2D eigenvalue weighted by Crippen LogP contribution is -2.12. The third kappa shape index (κ3) is 4.45. The van der Waals surface area contributed by atoms with E-state index >= 15 is 0 Å². The van der Waals surface area contributed by atoms with Gasteiger partial charge in [0.1, 0.15) is 0 Å². The summed E-state index contributed by atoms with van der Waals surface area (Å²) in [6.45, 7) is -0.0402. The minimum absolute atomic E-state index is 0.0295. The summed E-state index contributed by atoms with van der Waals surface area (Å²) in [7, 11) is -2.46. The molecule has 166 valence electrons. The average Bonchev–Trinajstić information content (AvgIpc) is 3.25. The highest BCUT2D eigenvalue weighted by Gasteiger charge is 2.31. The van der Waals surface area contributed by atoms with E-state index in [1.165, 1.54) is 37.7 Å². The molecule has 0 aliphatic carbocycles. The number of fused-ring (bicyclic) bond motifs is 1. The van der Waals surface area contributed by atoms with Crippen LogP contribution in [-0.4, -0.2) is 25.5 Å². The zero-order valence-corrected chi connectivity index (χ0v) is 18.2. The van der Waals surface area contributed by atoms with Gasteiger partial charge >= 0.3 is 6.18 Å². The average molecular weight is 480 g/mol. The van der Waals surface area contributed by atoms with Gasteiger partial charge in [0, 0.05) is 35.8 Å². The van der Waals surface area contributed by atoms with Gasteiger partial charge in [0.05, 0.1) is 22.8 Å². The van der Waals surface area contributed by atoms with Crippen LogP contribution in [0.1, 0.15) is 11.1 Å². The molecule has 0 unspecified atom stereocenters. The van der Waals surface area contributed by atoms with Crippen LogP contribution in [0.15, 0.2) is 65.1 Å². The molecular formula is C21H16F3N3O3S2. The summed E-state index contributed by atoms with van der Waals surface area (Å²) < 4.78 is 72.4. The first-order valence-corrected chi connectivity index (χ1v) is 11.6. The highest BCUT2D eigenvalue weighted by molar-refractivity contribution is 7.93. The third-order valence-corrected chi connectivity index (χ3v) is 6.84. The number of aromatic nitrogens is 2. The van der Waals surface area contributed by atoms with Gasteiger partial charge in [0.15, 0.2) is 5.13 Å². The van der Waals surface area contributed by atoms with Crippen LogP contribution >= 0.6 is 11.3 Å². The van der Waals surface area contributed by atoms with Crippen molar-refractivity contribution in [1.29, 1.82) is 0 Å². The number of sulfonamides is 1. The monoisotopic (exact) mass is 479 g/mol. The van der Waals surface area contributed by atoms with Crippen LogP contribution in [0.5, 0.6) is 0 Å². The first-order valence-electron chi connectivity index (χ1n) is 9.19. The van der Waals surface area contributed by atoms with Crippen molar-refractivity contribution in [3.05, 3.63) is 71.4 Å². The summed E-state index contributed by atoms with van der Waals surface area (Å²) in [6, 6.07) is 9.51. The number of thiazole rings is 1. The molecule has 0 fully saturated rings. The summed E-state index contributed by atoms with van der Waals surface area (Å²) in [4.78, 5) is 8.30. The van der Waals surface area contributed by atoms with E-state index in [1.807, 2.05) is 0 Å². The Morgan fingerprint density at radius 3 is 2.56 bits per heavy atom. The normalized spacial score (nSPS) is 12.2. The molecule has 0 aliphatic rings. The first-order chi connectivity index (χ1) is 15.2. The molecule has 0 saturated carbocycles. The molecule has 0 atom stereocenters. The number of hydrogen-bond donors (Lipinski definition) is 1. The smallest absolute Gasteiger partial charge is 0.380 e. The molecule has 0 amide bonds. The number of alkyl halides is 3. The van der Waals surface area contributed by atoms with Gasteiger partial charge in [-0.15, -0.1) is 11.3 Å². The molecule has 1 N–H and O–H groups in total. The molecule has 0 spiro atoms. The topological polar surface area (TPSA) is 81.2 Å². The molecule has 11 heteroatoms. The summed E-state index contributed by atoms with van der Waals surface area (Å²) in [6.07, 6.45) is -1.51. The summed E-state index contributed by atoms with van der Waals surface area (Å²) in [5, 5.41) is 3.06. The van der Waals surface area contributed by atoms with Crippen LogP contribution in [0.4, 0.5) is 18.3 Å². The number of pyridine rings is 1. The maximum absolute atomic E-state index is 13.2. The van der Waals surface area contributed by atoms with Crippen molar-refractivity contribution >= 4 is 37.3 Å². The second kappa shape index (κ2) is 8.49. The standard InChI is InChI=1S/C21H16F3N3O3S2/c1-30-12-14-10-15(21(22,23)24)2-4-18(14)19-17-5-3-16(11-13(17)6-7-25-19)32(28,29)27-20-26-8-9-31-20/h2-11H,12H2,1H3,(H,26,27). The number of methoxy groups -OCH3 is 1. The lowest BCUT2D eigenvalue weighted by atomic mass is 9.97. The lowest BCUT2D eigenvalue weighted by molar-refractivity contribution is -0.137. The van der Waals surface area contributed by atoms with E-state index in [-0.39, 0.29) is 16.6 Å². The van der Waals surface area contributed by atoms with Gasteiger partial charge < -0.3 is 4.74 Å². The maximum Gasteiger partial charge on any atom is 0.416 e. The second-order valence-electron chi connectivity index (χ2n) is 6.79. The molecule has 2 aromatic carbocycles. The van der Waals surface area contributed by atoms with E-state index in [0.717, 1.165) is 23.5 Å². The van der Waals surface area contributed by atoms with E-state index in [0.29, 0.717) is 27.6 Å². The van der Waals surface area contributed by atoms with Crippen molar-refractivity contribution < 1.29 is 26.3 Å². The van der Waals surface area contributed by atoms with Crippen LogP contribution in [0.3, 0.4) is 0 Å². The highest BCUT2D eigenvalue weighted by Crippen LogP contribution is 2.36. The Morgan fingerprint density at radius 1 is 1.06 bits per heavy atom. The van der Waals surface area contributed by atoms with Crippen molar-refractivity contribution in [3.8, 4) is 11.3 Å². The molecule has 4 aromatic rings. The van der Waals surface area contributed by atoms with Crippen LogP contribution in [0.25, 0.3) is 22.0 Å². The fraction of sp³-hybridized carbons (Fsp3) is 0.143. The predicted octanol–water partition coefficient (Wildman–Crippen LogP) is 5.32. The molecule has 0 aliphatic heterocycles.